The Balaban J connectivity index is 0.00000208. The van der Waals surface area contributed by atoms with Crippen LogP contribution in [0.3, 0.4) is 0 Å². The summed E-state index contributed by atoms with van der Waals surface area (Å²) in [6.45, 7) is 0. The van der Waals surface area contributed by atoms with Crippen LogP contribution in [0.25, 0.3) is 0 Å². The predicted octanol–water partition coefficient (Wildman–Crippen LogP) is 4.63. The van der Waals surface area contributed by atoms with Gasteiger partial charge in [-0.1, -0.05) is 29.8 Å². The van der Waals surface area contributed by atoms with Gasteiger partial charge in [0.05, 0.1) is 0 Å². The normalized spacial score (nSPS) is 19.9. The summed E-state index contributed by atoms with van der Waals surface area (Å²) >= 11 is 5.91. The van der Waals surface area contributed by atoms with Gasteiger partial charge in [-0.25, -0.2) is 0 Å². The molecular weight excluding hydrogens is 390 g/mol. The number of halogens is 2. The van der Waals surface area contributed by atoms with E-state index in [2.05, 4.69) is 17.4 Å². The molecule has 1 aliphatic rings. The van der Waals surface area contributed by atoms with Crippen molar-refractivity contribution in [3.8, 4) is 11.5 Å². The predicted molar refractivity (Wildman–Crippen MR) is 104 cm³/mol. The molecule has 3 nitrogen and oxygen atoms in total. The maximum Gasteiger partial charge on any atom is 0.157 e. The lowest BCUT2D eigenvalue weighted by Gasteiger charge is -2.15. The number of aryl methyl sites for hydroxylation is 1. The molecule has 130 valence electrons. The number of phenols is 2. The van der Waals surface area contributed by atoms with E-state index < -0.39 is 0 Å². The number of phenolic OH excluding ortho intramolecular Hbond substituents is 2. The Morgan fingerprint density at radius 1 is 0.917 bits per heavy atom. The van der Waals surface area contributed by atoms with Crippen molar-refractivity contribution < 1.29 is 10.2 Å². The van der Waals surface area contributed by atoms with E-state index >= 15 is 0 Å². The van der Waals surface area contributed by atoms with Crippen LogP contribution in [-0.2, 0) is 12.8 Å². The van der Waals surface area contributed by atoms with Gasteiger partial charge in [-0.2, -0.15) is 0 Å². The molecule has 2 unspecified atom stereocenters. The Bertz CT molecular complexity index is 663. The fourth-order valence-electron chi connectivity index (χ4n) is 3.26. The average Bonchev–Trinajstić information content (AvgIpc) is 2.98. The molecule has 3 N–H and O–H groups in total. The quantitative estimate of drug-likeness (QED) is 0.628. The monoisotopic (exact) mass is 411 g/mol. The van der Waals surface area contributed by atoms with Crippen LogP contribution in [0.15, 0.2) is 42.5 Å². The molecule has 0 amide bonds. The van der Waals surface area contributed by atoms with Crippen molar-refractivity contribution >= 4 is 28.6 Å². The van der Waals surface area contributed by atoms with Crippen molar-refractivity contribution in [3.05, 3.63) is 58.6 Å². The molecular formula is C19H23BrClNO2. The van der Waals surface area contributed by atoms with Crippen molar-refractivity contribution in [3.63, 3.8) is 0 Å². The first-order chi connectivity index (χ1) is 11.1. The van der Waals surface area contributed by atoms with Gasteiger partial charge in [0.15, 0.2) is 11.5 Å². The van der Waals surface area contributed by atoms with E-state index in [1.807, 2.05) is 18.2 Å². The van der Waals surface area contributed by atoms with Gasteiger partial charge in [0, 0.05) is 17.1 Å². The minimum absolute atomic E-state index is 0. The number of nitrogens with one attached hydrogen (secondary N) is 1. The summed E-state index contributed by atoms with van der Waals surface area (Å²) in [4.78, 5) is 0. The zero-order chi connectivity index (χ0) is 16.2. The topological polar surface area (TPSA) is 52.5 Å². The molecule has 5 heteroatoms. The summed E-state index contributed by atoms with van der Waals surface area (Å²) in [6, 6.07) is 14.1. The second-order valence-electron chi connectivity index (χ2n) is 6.33. The van der Waals surface area contributed by atoms with Crippen molar-refractivity contribution in [2.24, 2.45) is 0 Å². The highest BCUT2D eigenvalue weighted by Crippen LogP contribution is 2.27. The molecule has 0 spiro atoms. The Morgan fingerprint density at radius 2 is 1.58 bits per heavy atom. The van der Waals surface area contributed by atoms with E-state index in [9.17, 15) is 10.2 Å². The van der Waals surface area contributed by atoms with Gasteiger partial charge in [-0.05, 0) is 67.5 Å². The summed E-state index contributed by atoms with van der Waals surface area (Å²) in [5, 5.41) is 23.4. The van der Waals surface area contributed by atoms with Crippen LogP contribution in [0.2, 0.25) is 5.02 Å². The van der Waals surface area contributed by atoms with Crippen molar-refractivity contribution in [1.82, 2.24) is 5.32 Å². The zero-order valence-corrected chi connectivity index (χ0v) is 15.9. The van der Waals surface area contributed by atoms with E-state index in [1.54, 1.807) is 12.1 Å². The first-order valence-electron chi connectivity index (χ1n) is 8.11. The van der Waals surface area contributed by atoms with E-state index in [-0.39, 0.29) is 28.5 Å². The summed E-state index contributed by atoms with van der Waals surface area (Å²) in [6.07, 6.45) is 5.39. The van der Waals surface area contributed by atoms with Crippen LogP contribution < -0.4 is 5.32 Å². The molecule has 1 aliphatic heterocycles. The van der Waals surface area contributed by atoms with Gasteiger partial charge in [-0.3, -0.25) is 0 Å². The Morgan fingerprint density at radius 3 is 2.29 bits per heavy atom. The maximum absolute atomic E-state index is 9.58. The largest absolute Gasteiger partial charge is 0.504 e. The molecule has 2 aromatic carbocycles. The Hall–Kier alpha value is -1.23. The molecule has 3 rings (SSSR count). The number of hydrogen-bond acceptors (Lipinski definition) is 3. The van der Waals surface area contributed by atoms with Gasteiger partial charge in [0.2, 0.25) is 0 Å². The third-order valence-electron chi connectivity index (χ3n) is 4.55. The van der Waals surface area contributed by atoms with Crippen molar-refractivity contribution in [2.75, 3.05) is 0 Å². The number of benzene rings is 2. The molecule has 0 saturated carbocycles. The molecule has 1 saturated heterocycles. The molecule has 0 bridgehead atoms. The summed E-state index contributed by atoms with van der Waals surface area (Å²) in [7, 11) is 0. The highest BCUT2D eigenvalue weighted by molar-refractivity contribution is 8.93. The smallest absolute Gasteiger partial charge is 0.157 e. The van der Waals surface area contributed by atoms with E-state index in [4.69, 9.17) is 11.6 Å². The van der Waals surface area contributed by atoms with Crippen LogP contribution in [-0.4, -0.2) is 22.3 Å². The molecule has 0 aromatic heterocycles. The van der Waals surface area contributed by atoms with Crippen molar-refractivity contribution in [1.29, 1.82) is 0 Å². The standard InChI is InChI=1S/C19H22ClNO2.BrH/c20-15-5-1-13(2-6-15)3-7-16-8-9-17(21-16)11-14-4-10-18(22)19(23)12-14;/h1-2,4-6,10,12,16-17,21-23H,3,7-9,11H2;1H. The highest BCUT2D eigenvalue weighted by Gasteiger charge is 2.23. The molecule has 1 fully saturated rings. The molecule has 24 heavy (non-hydrogen) atoms. The number of hydrogen-bond donors (Lipinski definition) is 3. The first kappa shape index (κ1) is 19.1. The molecule has 0 radical (unpaired) electrons. The molecule has 2 aromatic rings. The van der Waals surface area contributed by atoms with E-state index in [1.165, 1.54) is 12.0 Å². The minimum atomic E-state index is -0.0611. The number of aromatic hydroxyl groups is 2. The van der Waals surface area contributed by atoms with Gasteiger partial charge >= 0.3 is 0 Å². The highest BCUT2D eigenvalue weighted by atomic mass is 79.9. The third-order valence-corrected chi connectivity index (χ3v) is 4.80. The van der Waals surface area contributed by atoms with Crippen LogP contribution in [0.1, 0.15) is 30.4 Å². The van der Waals surface area contributed by atoms with E-state index in [0.717, 1.165) is 36.3 Å². The lowest BCUT2D eigenvalue weighted by atomic mass is 10.0. The fraction of sp³-hybridized carbons (Fsp3) is 0.368. The Kier molecular flexibility index (Phi) is 6.96. The molecule has 2 atom stereocenters. The van der Waals surface area contributed by atoms with E-state index in [0.29, 0.717) is 12.1 Å². The van der Waals surface area contributed by atoms with Crippen LogP contribution in [0.4, 0.5) is 0 Å². The number of rotatable bonds is 5. The van der Waals surface area contributed by atoms with Gasteiger partial charge in [-0.15, -0.1) is 17.0 Å². The Labute approximate surface area is 158 Å². The maximum atomic E-state index is 9.58. The zero-order valence-electron chi connectivity index (χ0n) is 13.4. The fourth-order valence-corrected chi connectivity index (χ4v) is 3.39. The summed E-state index contributed by atoms with van der Waals surface area (Å²) in [5.74, 6) is -0.103. The SMILES string of the molecule is Br.Oc1ccc(CC2CCC(CCc3ccc(Cl)cc3)N2)cc1O. The second-order valence-corrected chi connectivity index (χ2v) is 6.77. The average molecular weight is 413 g/mol. The molecule has 0 aliphatic carbocycles. The lowest BCUT2D eigenvalue weighted by Crippen LogP contribution is -2.31. The molecule has 1 heterocycles. The third kappa shape index (κ3) is 5.13. The van der Waals surface area contributed by atoms with Crippen LogP contribution in [0.5, 0.6) is 11.5 Å². The van der Waals surface area contributed by atoms with Crippen LogP contribution in [0, 0.1) is 0 Å². The van der Waals surface area contributed by atoms with Crippen molar-refractivity contribution in [2.45, 2.75) is 44.2 Å². The van der Waals surface area contributed by atoms with Gasteiger partial charge < -0.3 is 15.5 Å². The van der Waals surface area contributed by atoms with Gasteiger partial charge in [0.25, 0.3) is 0 Å². The summed E-state index contributed by atoms with van der Waals surface area (Å²) < 4.78 is 0. The first-order valence-corrected chi connectivity index (χ1v) is 8.49. The minimum Gasteiger partial charge on any atom is -0.504 e. The second kappa shape index (κ2) is 8.75. The van der Waals surface area contributed by atoms with Crippen LogP contribution >= 0.6 is 28.6 Å². The van der Waals surface area contributed by atoms with Gasteiger partial charge in [0.1, 0.15) is 0 Å². The summed E-state index contributed by atoms with van der Waals surface area (Å²) in [5.41, 5.74) is 2.37. The lowest BCUT2D eigenvalue weighted by molar-refractivity contribution is 0.402.